The van der Waals surface area contributed by atoms with Gasteiger partial charge in [-0.25, -0.2) is 9.59 Å². The average Bonchev–Trinajstić information content (AvgIpc) is 2.67. The zero-order chi connectivity index (χ0) is 20.1. The first-order valence-corrected chi connectivity index (χ1v) is 9.56. The van der Waals surface area contributed by atoms with E-state index in [4.69, 9.17) is 14.2 Å². The maximum absolute atomic E-state index is 12.5. The normalized spacial score (nSPS) is 21.2. The molecule has 0 spiro atoms. The van der Waals surface area contributed by atoms with Crippen molar-refractivity contribution in [2.45, 2.75) is 32.4 Å². The van der Waals surface area contributed by atoms with Crippen LogP contribution in [0.4, 0.5) is 4.79 Å². The number of urea groups is 1. The van der Waals surface area contributed by atoms with Crippen LogP contribution in [0.1, 0.15) is 20.3 Å². The number of fused-ring (bicyclic) bond motifs is 1. The number of ether oxygens (including phenoxy) is 3. The van der Waals surface area contributed by atoms with E-state index in [-0.39, 0.29) is 24.8 Å². The summed E-state index contributed by atoms with van der Waals surface area (Å²) < 4.78 is 16.9. The molecule has 3 rings (SSSR count). The summed E-state index contributed by atoms with van der Waals surface area (Å²) in [4.78, 5) is 26.5. The van der Waals surface area contributed by atoms with Crippen LogP contribution in [0.3, 0.4) is 0 Å². The van der Waals surface area contributed by atoms with Gasteiger partial charge >= 0.3 is 12.0 Å². The van der Waals surface area contributed by atoms with Crippen LogP contribution in [-0.2, 0) is 9.53 Å². The van der Waals surface area contributed by atoms with Crippen molar-refractivity contribution in [2.24, 2.45) is 0 Å². The first-order chi connectivity index (χ1) is 13.5. The number of carbonyl (C=O) groups is 2. The van der Waals surface area contributed by atoms with Crippen LogP contribution in [0.15, 0.2) is 35.5 Å². The lowest BCUT2D eigenvalue weighted by Crippen LogP contribution is -2.52. The molecule has 0 saturated heterocycles. The van der Waals surface area contributed by atoms with Crippen molar-refractivity contribution in [1.82, 2.24) is 15.5 Å². The molecule has 2 atom stereocenters. The van der Waals surface area contributed by atoms with Gasteiger partial charge in [-0.1, -0.05) is 19.1 Å². The third-order valence-corrected chi connectivity index (χ3v) is 4.66. The minimum absolute atomic E-state index is 0.147. The Morgan fingerprint density at radius 1 is 1.29 bits per heavy atom. The fourth-order valence-corrected chi connectivity index (χ4v) is 3.42. The molecular weight excluding hydrogens is 362 g/mol. The molecule has 2 aliphatic heterocycles. The summed E-state index contributed by atoms with van der Waals surface area (Å²) >= 11 is 0. The molecule has 2 unspecified atom stereocenters. The van der Waals surface area contributed by atoms with Crippen LogP contribution in [0.5, 0.6) is 11.5 Å². The lowest BCUT2D eigenvalue weighted by atomic mass is 10.00. The largest absolute Gasteiger partial charge is 0.486 e. The molecular formula is C20H27N3O5. The minimum atomic E-state index is -0.406. The third-order valence-electron chi connectivity index (χ3n) is 4.66. The summed E-state index contributed by atoms with van der Waals surface area (Å²) in [7, 11) is 1.91. The Labute approximate surface area is 164 Å². The summed E-state index contributed by atoms with van der Waals surface area (Å²) in [5, 5.41) is 5.55. The first kappa shape index (κ1) is 20.0. The molecule has 2 heterocycles. The first-order valence-electron chi connectivity index (χ1n) is 9.56. The average molecular weight is 389 g/mol. The van der Waals surface area contributed by atoms with Crippen molar-refractivity contribution >= 4 is 12.0 Å². The fraction of sp³-hybridized carbons (Fsp3) is 0.500. The van der Waals surface area contributed by atoms with E-state index in [1.54, 1.807) is 6.92 Å². The summed E-state index contributed by atoms with van der Waals surface area (Å²) in [6, 6.07) is 6.89. The van der Waals surface area contributed by atoms with E-state index < -0.39 is 5.97 Å². The van der Waals surface area contributed by atoms with E-state index >= 15 is 0 Å². The Morgan fingerprint density at radius 3 is 2.75 bits per heavy atom. The van der Waals surface area contributed by atoms with Crippen molar-refractivity contribution in [3.63, 3.8) is 0 Å². The number of likely N-dealkylation sites (N-methyl/N-ethyl adjacent to an activating group) is 1. The van der Waals surface area contributed by atoms with E-state index in [1.165, 1.54) is 0 Å². The quantitative estimate of drug-likeness (QED) is 0.690. The molecule has 0 radical (unpaired) electrons. The van der Waals surface area contributed by atoms with Crippen molar-refractivity contribution in [3.05, 3.63) is 35.5 Å². The van der Waals surface area contributed by atoms with Gasteiger partial charge in [0.1, 0.15) is 12.7 Å². The number of hydrogen-bond donors (Lipinski definition) is 2. The van der Waals surface area contributed by atoms with Gasteiger partial charge in [0.15, 0.2) is 11.5 Å². The Bertz CT molecular complexity index is 764. The van der Waals surface area contributed by atoms with Gasteiger partial charge in [0, 0.05) is 18.8 Å². The topological polar surface area (TPSA) is 89.1 Å². The van der Waals surface area contributed by atoms with Crippen molar-refractivity contribution in [3.8, 4) is 11.5 Å². The van der Waals surface area contributed by atoms with E-state index in [9.17, 15) is 9.59 Å². The number of esters is 1. The number of hydrogen-bond acceptors (Lipinski definition) is 6. The van der Waals surface area contributed by atoms with Crippen LogP contribution in [0.2, 0.25) is 0 Å². The molecule has 8 heteroatoms. The summed E-state index contributed by atoms with van der Waals surface area (Å²) in [6.45, 7) is 5.37. The number of carbonyl (C=O) groups excluding carboxylic acids is 2. The molecule has 2 amide bonds. The highest BCUT2D eigenvalue weighted by Gasteiger charge is 2.32. The van der Waals surface area contributed by atoms with Gasteiger partial charge in [0.05, 0.1) is 18.2 Å². The van der Waals surface area contributed by atoms with Crippen LogP contribution >= 0.6 is 0 Å². The second-order valence-corrected chi connectivity index (χ2v) is 6.87. The number of amides is 2. The molecule has 28 heavy (non-hydrogen) atoms. The number of para-hydroxylation sites is 2. The molecule has 0 bridgehead atoms. The predicted molar refractivity (Wildman–Crippen MR) is 103 cm³/mol. The van der Waals surface area contributed by atoms with Gasteiger partial charge in [-0.2, -0.15) is 0 Å². The van der Waals surface area contributed by atoms with Crippen molar-refractivity contribution in [1.29, 1.82) is 0 Å². The second-order valence-electron chi connectivity index (χ2n) is 6.87. The van der Waals surface area contributed by atoms with E-state index in [0.29, 0.717) is 37.4 Å². The van der Waals surface area contributed by atoms with Gasteiger partial charge in [-0.15, -0.1) is 0 Å². The molecule has 0 saturated carbocycles. The number of nitrogens with zero attached hydrogens (tertiary/aromatic N) is 1. The van der Waals surface area contributed by atoms with Crippen molar-refractivity contribution in [2.75, 3.05) is 33.4 Å². The maximum Gasteiger partial charge on any atom is 0.337 e. The van der Waals surface area contributed by atoms with Crippen LogP contribution in [0.25, 0.3) is 0 Å². The summed E-state index contributed by atoms with van der Waals surface area (Å²) in [5.41, 5.74) is 1.04. The maximum atomic E-state index is 12.5. The monoisotopic (exact) mass is 389 g/mol. The number of nitrogens with one attached hydrogen (secondary N) is 2. The third kappa shape index (κ3) is 4.56. The molecule has 0 aliphatic carbocycles. The predicted octanol–water partition coefficient (Wildman–Crippen LogP) is 1.67. The number of rotatable bonds is 7. The molecule has 152 valence electrons. The minimum Gasteiger partial charge on any atom is -0.486 e. The second kappa shape index (κ2) is 8.97. The Kier molecular flexibility index (Phi) is 6.41. The Hall–Kier alpha value is -2.74. The van der Waals surface area contributed by atoms with Gasteiger partial charge < -0.3 is 24.8 Å². The van der Waals surface area contributed by atoms with E-state index in [0.717, 1.165) is 11.5 Å². The van der Waals surface area contributed by atoms with Gasteiger partial charge in [-0.05, 0) is 32.5 Å². The summed E-state index contributed by atoms with van der Waals surface area (Å²) in [6.07, 6.45) is 0.455. The lowest BCUT2D eigenvalue weighted by molar-refractivity contribution is -0.139. The molecule has 0 fully saturated rings. The van der Waals surface area contributed by atoms with Crippen LogP contribution < -0.4 is 20.1 Å². The zero-order valence-electron chi connectivity index (χ0n) is 16.5. The number of benzene rings is 1. The fourth-order valence-electron chi connectivity index (χ4n) is 3.42. The van der Waals surface area contributed by atoms with Crippen LogP contribution in [-0.4, -0.2) is 62.4 Å². The Balaban J connectivity index is 1.70. The molecule has 0 aromatic heterocycles. The SMILES string of the molecule is CCOC(=O)C1=C(CN(C)CC2COc3ccccc3O2)NC(=O)NC1CC. The highest BCUT2D eigenvalue weighted by Crippen LogP contribution is 2.31. The smallest absolute Gasteiger partial charge is 0.337 e. The molecule has 1 aromatic rings. The standard InChI is InChI=1S/C20H27N3O5/c1-4-14-18(19(24)26-5-2)15(22-20(25)21-14)11-23(3)10-13-12-27-16-8-6-7-9-17(16)28-13/h6-9,13-14H,4-5,10-12H2,1-3H3,(H2,21,22,25). The molecule has 1 aromatic carbocycles. The highest BCUT2D eigenvalue weighted by atomic mass is 16.6. The highest BCUT2D eigenvalue weighted by molar-refractivity contribution is 5.94. The van der Waals surface area contributed by atoms with E-state index in [1.807, 2.05) is 43.1 Å². The van der Waals surface area contributed by atoms with Crippen LogP contribution in [0, 0.1) is 0 Å². The van der Waals surface area contributed by atoms with Crippen molar-refractivity contribution < 1.29 is 23.8 Å². The van der Waals surface area contributed by atoms with Gasteiger partial charge in [0.2, 0.25) is 0 Å². The zero-order valence-corrected chi connectivity index (χ0v) is 16.5. The van der Waals surface area contributed by atoms with Gasteiger partial charge in [0.25, 0.3) is 0 Å². The molecule has 2 N–H and O–H groups in total. The summed E-state index contributed by atoms with van der Waals surface area (Å²) in [5.74, 6) is 1.06. The molecule has 8 nitrogen and oxygen atoms in total. The lowest BCUT2D eigenvalue weighted by Gasteiger charge is -2.32. The van der Waals surface area contributed by atoms with E-state index in [2.05, 4.69) is 10.6 Å². The van der Waals surface area contributed by atoms with Gasteiger partial charge in [-0.3, -0.25) is 4.90 Å². The molecule has 2 aliphatic rings. The Morgan fingerprint density at radius 2 is 2.04 bits per heavy atom.